The van der Waals surface area contributed by atoms with Crippen LogP contribution in [-0.2, 0) is 6.54 Å². The van der Waals surface area contributed by atoms with Gasteiger partial charge in [0.05, 0.1) is 6.61 Å². The van der Waals surface area contributed by atoms with Gasteiger partial charge in [0.15, 0.2) is 0 Å². The molecule has 0 aromatic heterocycles. The number of aliphatic hydroxyl groups is 1. The van der Waals surface area contributed by atoms with E-state index >= 15 is 0 Å². The third-order valence-electron chi connectivity index (χ3n) is 2.59. The van der Waals surface area contributed by atoms with Gasteiger partial charge >= 0.3 is 0 Å². The van der Waals surface area contributed by atoms with E-state index in [1.165, 1.54) is 5.56 Å². The van der Waals surface area contributed by atoms with Gasteiger partial charge in [0.1, 0.15) is 0 Å². The second-order valence-electron chi connectivity index (χ2n) is 3.98. The summed E-state index contributed by atoms with van der Waals surface area (Å²) in [7, 11) is 0. The average Bonchev–Trinajstić information content (AvgIpc) is 2.31. The molecule has 0 saturated carbocycles. The molecule has 0 aliphatic rings. The number of nitrogens with two attached hydrogens (primary N) is 1. The summed E-state index contributed by atoms with van der Waals surface area (Å²) in [4.78, 5) is 2.27. The van der Waals surface area contributed by atoms with Gasteiger partial charge in [-0.25, -0.2) is 0 Å². The summed E-state index contributed by atoms with van der Waals surface area (Å²) in [5, 5.41) is 9.00. The van der Waals surface area contributed by atoms with Gasteiger partial charge in [-0.2, -0.15) is 0 Å². The molecule has 0 amide bonds. The third-order valence-corrected chi connectivity index (χ3v) is 2.59. The summed E-state index contributed by atoms with van der Waals surface area (Å²) in [6.45, 7) is 3.62. The molecule has 0 aliphatic heterocycles. The maximum Gasteiger partial charge on any atom is 0.0558 e. The molecule has 98 valence electrons. The smallest absolute Gasteiger partial charge is 0.0558 e. The van der Waals surface area contributed by atoms with Crippen molar-refractivity contribution in [2.24, 2.45) is 5.73 Å². The van der Waals surface area contributed by atoms with Gasteiger partial charge in [0.25, 0.3) is 0 Å². The normalized spacial score (nSPS) is 10.3. The maximum atomic E-state index is 9.00. The second kappa shape index (κ2) is 11.5. The van der Waals surface area contributed by atoms with Crippen molar-refractivity contribution < 1.29 is 42.8 Å². The van der Waals surface area contributed by atoms with Gasteiger partial charge < -0.3 is 10.8 Å². The van der Waals surface area contributed by atoms with Crippen molar-refractivity contribution in [3.63, 3.8) is 0 Å². The van der Waals surface area contributed by atoms with Crippen molar-refractivity contribution in [2.75, 3.05) is 26.2 Å². The molecular weight excluding hydrogens is 240 g/mol. The number of unbranched alkanes of at least 4 members (excludes halogenated alkanes) is 1. The van der Waals surface area contributed by atoms with Gasteiger partial charge in [-0.1, -0.05) is 30.3 Å². The Labute approximate surface area is 134 Å². The van der Waals surface area contributed by atoms with Crippen LogP contribution in [0, 0.1) is 37.7 Å². The Morgan fingerprint density at radius 3 is 2.35 bits per heavy atom. The molecule has 1 aromatic rings. The molecule has 4 heteroatoms. The number of aliphatic hydroxyl groups excluding tert-OH is 1. The van der Waals surface area contributed by atoms with Crippen LogP contribution in [0.4, 0.5) is 0 Å². The SMILES string of the molecule is NCCCCN(CCO)Cc1ccccc1.[Ar]. The summed E-state index contributed by atoms with van der Waals surface area (Å²) < 4.78 is 0. The second-order valence-corrected chi connectivity index (χ2v) is 3.98. The Morgan fingerprint density at radius 1 is 1.06 bits per heavy atom. The van der Waals surface area contributed by atoms with Gasteiger partial charge in [-0.3, -0.25) is 4.90 Å². The molecule has 0 aliphatic carbocycles. The van der Waals surface area contributed by atoms with Gasteiger partial charge in [-0.15, -0.1) is 0 Å². The van der Waals surface area contributed by atoms with E-state index in [0.717, 1.165) is 39.0 Å². The Kier molecular flexibility index (Phi) is 11.7. The maximum absolute atomic E-state index is 9.00. The molecule has 0 saturated heterocycles. The first-order chi connectivity index (χ1) is 7.86. The van der Waals surface area contributed by atoms with Crippen LogP contribution in [0.15, 0.2) is 30.3 Å². The van der Waals surface area contributed by atoms with Crippen molar-refractivity contribution in [1.82, 2.24) is 4.90 Å². The molecular formula is C13H22ArN2O. The molecule has 0 atom stereocenters. The minimum absolute atomic E-state index is 0. The zero-order valence-electron chi connectivity index (χ0n) is 10.2. The van der Waals surface area contributed by atoms with E-state index < -0.39 is 0 Å². The molecule has 0 unspecified atom stereocenters. The summed E-state index contributed by atoms with van der Waals surface area (Å²) >= 11 is 0. The first-order valence-corrected chi connectivity index (χ1v) is 5.94. The summed E-state index contributed by atoms with van der Waals surface area (Å²) in [5.41, 5.74) is 6.77. The number of nitrogens with zero attached hydrogens (tertiary/aromatic N) is 1. The molecule has 1 rings (SSSR count). The van der Waals surface area contributed by atoms with E-state index in [4.69, 9.17) is 10.8 Å². The third kappa shape index (κ3) is 8.14. The molecule has 0 radical (unpaired) electrons. The van der Waals surface area contributed by atoms with Crippen LogP contribution in [-0.4, -0.2) is 36.2 Å². The minimum atomic E-state index is 0. The standard InChI is InChI=1S/C13H22N2O.Ar/c14-8-4-5-9-15(10-11-16)12-13-6-2-1-3-7-13;/h1-3,6-7,16H,4-5,8-12,14H2;. The quantitative estimate of drug-likeness (QED) is 0.693. The van der Waals surface area contributed by atoms with E-state index in [1.54, 1.807) is 0 Å². The average molecular weight is 262 g/mol. The van der Waals surface area contributed by atoms with E-state index in [-0.39, 0.29) is 44.3 Å². The fourth-order valence-electron chi connectivity index (χ4n) is 1.73. The Bertz CT molecular complexity index is 269. The zero-order chi connectivity index (χ0) is 11.6. The van der Waals surface area contributed by atoms with Crippen LogP contribution in [0.1, 0.15) is 18.4 Å². The van der Waals surface area contributed by atoms with Crippen molar-refractivity contribution in [2.45, 2.75) is 19.4 Å². The number of benzene rings is 1. The molecule has 0 heterocycles. The number of rotatable bonds is 8. The Balaban J connectivity index is 0.00000256. The van der Waals surface area contributed by atoms with E-state index in [2.05, 4.69) is 17.0 Å². The molecule has 3 N–H and O–H groups in total. The van der Waals surface area contributed by atoms with E-state index in [9.17, 15) is 0 Å². The van der Waals surface area contributed by atoms with Crippen molar-refractivity contribution in [3.05, 3.63) is 35.9 Å². The van der Waals surface area contributed by atoms with Crippen LogP contribution in [0.5, 0.6) is 0 Å². The first-order valence-electron chi connectivity index (χ1n) is 5.94. The van der Waals surface area contributed by atoms with Crippen LogP contribution in [0.25, 0.3) is 0 Å². The fraction of sp³-hybridized carbons (Fsp3) is 0.538. The predicted octanol–water partition coefficient (Wildman–Crippen LogP) is 1.22. The van der Waals surface area contributed by atoms with Crippen molar-refractivity contribution in [3.8, 4) is 0 Å². The topological polar surface area (TPSA) is 49.5 Å². The first kappa shape index (κ1) is 17.4. The van der Waals surface area contributed by atoms with E-state index in [0.29, 0.717) is 0 Å². The molecule has 0 bridgehead atoms. The summed E-state index contributed by atoms with van der Waals surface area (Å²) in [6.07, 6.45) is 2.15. The van der Waals surface area contributed by atoms with Gasteiger partial charge in [0, 0.05) is 50.8 Å². The Hall–Kier alpha value is 0.360. The van der Waals surface area contributed by atoms with Crippen LogP contribution in [0.3, 0.4) is 0 Å². The monoisotopic (exact) mass is 262 g/mol. The minimum Gasteiger partial charge on any atom is -0.395 e. The Morgan fingerprint density at radius 2 is 1.76 bits per heavy atom. The zero-order valence-corrected chi connectivity index (χ0v) is 10.9. The largest absolute Gasteiger partial charge is 0.395 e. The molecule has 17 heavy (non-hydrogen) atoms. The molecule has 0 fully saturated rings. The van der Waals surface area contributed by atoms with Crippen LogP contribution >= 0.6 is 0 Å². The van der Waals surface area contributed by atoms with Crippen LogP contribution < -0.4 is 5.73 Å². The van der Waals surface area contributed by atoms with Gasteiger partial charge in [0.2, 0.25) is 0 Å². The van der Waals surface area contributed by atoms with Crippen molar-refractivity contribution >= 4 is 0 Å². The van der Waals surface area contributed by atoms with Crippen LogP contribution in [0.2, 0.25) is 0 Å². The summed E-state index contributed by atoms with van der Waals surface area (Å²) in [5.74, 6) is 0. The predicted molar refractivity (Wildman–Crippen MR) is 67.1 cm³/mol. The summed E-state index contributed by atoms with van der Waals surface area (Å²) in [6, 6.07) is 10.4. The van der Waals surface area contributed by atoms with Gasteiger partial charge in [-0.05, 0) is 31.5 Å². The number of hydrogen-bond donors (Lipinski definition) is 2. The van der Waals surface area contributed by atoms with E-state index in [1.807, 2.05) is 18.2 Å². The molecule has 1 aromatic carbocycles. The number of hydrogen-bond acceptors (Lipinski definition) is 3. The fourth-order valence-corrected chi connectivity index (χ4v) is 1.73. The molecule has 3 nitrogen and oxygen atoms in total. The van der Waals surface area contributed by atoms with Crippen molar-refractivity contribution in [1.29, 1.82) is 0 Å². The molecule has 0 spiro atoms.